The Hall–Kier alpha value is -7.81. The monoisotopic (exact) mass is 1000 g/mol. The van der Waals surface area contributed by atoms with Crippen molar-refractivity contribution in [3.8, 4) is 28.7 Å². The normalized spacial score (nSPS) is 13.9. The summed E-state index contributed by atoms with van der Waals surface area (Å²) in [6, 6.07) is 50.9. The maximum atomic E-state index is 14.8. The first kappa shape index (κ1) is 48.2. The van der Waals surface area contributed by atoms with Crippen LogP contribution in [0.3, 0.4) is 0 Å². The number of nitrogens with zero attached hydrogens (tertiary/aromatic N) is 3. The van der Waals surface area contributed by atoms with Crippen molar-refractivity contribution in [1.29, 1.82) is 0 Å². The second-order valence-electron chi connectivity index (χ2n) is 16.5. The molecule has 8 aromatic rings. The molecule has 358 valence electrons. The number of rotatable bonds is 14. The molecule has 8 aromatic carbocycles. The van der Waals surface area contributed by atoms with E-state index in [1.807, 2.05) is 128 Å². The number of ketones is 1. The Kier molecular flexibility index (Phi) is 13.8. The lowest BCUT2D eigenvalue weighted by molar-refractivity contribution is 0.103. The fraction of sp³-hybridized carbons (Fsp3) is 0.107. The Morgan fingerprint density at radius 2 is 1.18 bits per heavy atom. The number of carbonyl (C=O) groups is 2. The van der Waals surface area contributed by atoms with Gasteiger partial charge >= 0.3 is 6.09 Å². The van der Waals surface area contributed by atoms with E-state index in [1.54, 1.807) is 60.7 Å². The van der Waals surface area contributed by atoms with Gasteiger partial charge in [-0.2, -0.15) is 0 Å². The van der Waals surface area contributed by atoms with Crippen molar-refractivity contribution in [2.24, 2.45) is 0 Å². The number of methoxy groups -OCH3 is 2. The van der Waals surface area contributed by atoms with E-state index in [9.17, 15) is 18.4 Å². The van der Waals surface area contributed by atoms with E-state index in [1.165, 1.54) is 36.7 Å². The molecule has 0 bridgehead atoms. The predicted molar refractivity (Wildman–Crippen MR) is 280 cm³/mol. The van der Waals surface area contributed by atoms with Crippen molar-refractivity contribution >= 4 is 80.5 Å². The summed E-state index contributed by atoms with van der Waals surface area (Å²) in [6.45, 7) is 1.90. The van der Waals surface area contributed by atoms with Gasteiger partial charge in [0.15, 0.2) is 5.78 Å². The molecule has 1 amide bonds. The summed E-state index contributed by atoms with van der Waals surface area (Å²) in [5.41, 5.74) is 3.76. The molecule has 2 unspecified atom stereocenters. The van der Waals surface area contributed by atoms with Gasteiger partial charge in [-0.25, -0.2) is 4.79 Å². The van der Waals surface area contributed by atoms with Crippen LogP contribution in [0.5, 0.6) is 28.7 Å². The summed E-state index contributed by atoms with van der Waals surface area (Å²) in [5.74, 6) is 1.54. The van der Waals surface area contributed by atoms with Crippen LogP contribution < -0.4 is 38.4 Å². The van der Waals surface area contributed by atoms with Crippen LogP contribution in [0.4, 0.5) is 38.9 Å². The Morgan fingerprint density at radius 1 is 0.606 bits per heavy atom. The minimum absolute atomic E-state index is 0.00395. The molecule has 2 atom stereocenters. The van der Waals surface area contributed by atoms with Gasteiger partial charge in [-0.1, -0.05) is 77.8 Å². The largest absolute Gasteiger partial charge is 0.755 e. The number of anilines is 6. The predicted octanol–water partition coefficient (Wildman–Crippen LogP) is 13.4. The zero-order valence-corrected chi connectivity index (χ0v) is 41.3. The van der Waals surface area contributed by atoms with E-state index in [0.29, 0.717) is 66.7 Å². The van der Waals surface area contributed by atoms with E-state index in [4.69, 9.17) is 42.1 Å². The lowest BCUT2D eigenvalue weighted by Gasteiger charge is -2.50. The number of aryl methyl sites for hydroxylation is 1. The van der Waals surface area contributed by atoms with Crippen LogP contribution in [-0.2, 0) is 16.8 Å². The van der Waals surface area contributed by atoms with Crippen LogP contribution in [0.25, 0.3) is 0 Å². The highest BCUT2D eigenvalue weighted by atomic mass is 35.5. The van der Waals surface area contributed by atoms with Gasteiger partial charge in [0.05, 0.1) is 36.3 Å². The third-order valence-corrected chi connectivity index (χ3v) is 13.8. The Labute approximate surface area is 423 Å². The molecular weight excluding hydrogens is 960 g/mol. The highest BCUT2D eigenvalue weighted by molar-refractivity contribution is 7.80. The summed E-state index contributed by atoms with van der Waals surface area (Å²) in [4.78, 5) is 32.2. The summed E-state index contributed by atoms with van der Waals surface area (Å²) < 4.78 is 54.1. The highest BCUT2D eigenvalue weighted by Gasteiger charge is 2.51. The molecule has 0 aliphatic carbocycles. The number of para-hydroxylation sites is 1. The lowest BCUT2D eigenvalue weighted by Crippen LogP contribution is -2.51. The molecule has 12 nitrogen and oxygen atoms in total. The Bertz CT molecular complexity index is 3340. The van der Waals surface area contributed by atoms with E-state index in [0.717, 1.165) is 16.9 Å². The number of ether oxygens (including phenoxy) is 4. The molecule has 1 aliphatic heterocycles. The Balaban J connectivity index is 1.30. The van der Waals surface area contributed by atoms with Gasteiger partial charge in [0, 0.05) is 81.8 Å². The number of hydrogen-bond donors (Lipinski definition) is 1. The van der Waals surface area contributed by atoms with Gasteiger partial charge in [0.1, 0.15) is 34.3 Å². The minimum Gasteiger partial charge on any atom is -0.755 e. The van der Waals surface area contributed by atoms with E-state index >= 15 is 0 Å². The van der Waals surface area contributed by atoms with Gasteiger partial charge in [-0.3, -0.25) is 18.6 Å². The second-order valence-corrected chi connectivity index (χ2v) is 18.2. The summed E-state index contributed by atoms with van der Waals surface area (Å²) in [5, 5.41) is 3.88. The van der Waals surface area contributed by atoms with Crippen LogP contribution in [0.15, 0.2) is 176 Å². The summed E-state index contributed by atoms with van der Waals surface area (Å²) >= 11 is 10.0. The molecule has 1 aliphatic rings. The van der Waals surface area contributed by atoms with Crippen molar-refractivity contribution in [1.82, 2.24) is 0 Å². The number of amides is 1. The van der Waals surface area contributed by atoms with E-state index in [-0.39, 0.29) is 22.7 Å². The van der Waals surface area contributed by atoms with Crippen molar-refractivity contribution in [2.45, 2.75) is 12.5 Å². The molecule has 0 radical (unpaired) electrons. The molecular formula is C56H45Cl2N4O8S-. The van der Waals surface area contributed by atoms with Crippen LogP contribution >= 0.6 is 23.2 Å². The van der Waals surface area contributed by atoms with Gasteiger partial charge in [0.25, 0.3) is 0 Å². The maximum absolute atomic E-state index is 14.8. The van der Waals surface area contributed by atoms with Crippen molar-refractivity contribution in [2.75, 3.05) is 47.7 Å². The minimum atomic E-state index is -3.16. The van der Waals surface area contributed by atoms with Crippen molar-refractivity contribution in [3.05, 3.63) is 219 Å². The smallest absolute Gasteiger partial charge is 0.417 e. The van der Waals surface area contributed by atoms with Gasteiger partial charge < -0.3 is 33.3 Å². The number of nitrogens with one attached hydrogen (secondary N) is 1. The van der Waals surface area contributed by atoms with Gasteiger partial charge in [0.2, 0.25) is 0 Å². The molecule has 1 heterocycles. The molecule has 1 N–H and O–H groups in total. The third kappa shape index (κ3) is 9.35. The average Bonchev–Trinajstić information content (AvgIpc) is 3.38. The molecule has 0 saturated carbocycles. The molecule has 0 spiro atoms. The maximum Gasteiger partial charge on any atom is 0.417 e. The van der Waals surface area contributed by atoms with E-state index in [2.05, 4.69) is 5.32 Å². The molecule has 0 fully saturated rings. The van der Waals surface area contributed by atoms with Crippen LogP contribution in [0.1, 0.15) is 38.2 Å². The average molecular weight is 1000 g/mol. The summed E-state index contributed by atoms with van der Waals surface area (Å²) in [6.07, 6.45) is -0.958. The van der Waals surface area contributed by atoms with Crippen LogP contribution in [-0.4, -0.2) is 49.0 Å². The molecule has 71 heavy (non-hydrogen) atoms. The third-order valence-electron chi connectivity index (χ3n) is 12.4. The SMILES string of the molecule is COc1ccc(OC(=O)Nc2cc(C(=O)c3ccc(OC)cc3)ccc2N(S(=O)[O-])C2(c3ccccc3C)c3ccc(N(C)c4cccc(Cl)c4)cc3Oc3cc(N(C)c4ccccc4Cl)ccc32)cc1. The molecule has 9 rings (SSSR count). The lowest BCUT2D eigenvalue weighted by atomic mass is 9.73. The first-order valence-corrected chi connectivity index (χ1v) is 24.0. The molecule has 15 heteroatoms. The number of benzene rings is 8. The number of hydrogen-bond acceptors (Lipinski definition) is 10. The second kappa shape index (κ2) is 20.3. The highest BCUT2D eigenvalue weighted by Crippen LogP contribution is 2.58. The standard InChI is InChI=1S/C56H46Cl2N4O8S/c1-35-11-6-7-14-45(35)56(62(71(65)66)51-30-19-37(54(63)36-17-22-42(67-4)23-18-36)31-49(51)59-55(64)69-44-26-24-43(68-5)25-27-44)46-28-20-40(60(2)39-13-10-12-38(57)32-39)33-52(46)70-53-34-41(21-29-47(53)56)61(3)50-16-9-8-15-48(50)58/h6-34H,1-5H3,(H,59,64)(H,65,66)/p-1. The van der Waals surface area contributed by atoms with Gasteiger partial charge in [-0.05, 0) is 127 Å². The quantitative estimate of drug-likeness (QED) is 0.0829. The zero-order valence-electron chi connectivity index (χ0n) is 39.0. The topological polar surface area (TPSA) is 133 Å². The molecule has 0 saturated heterocycles. The Morgan fingerprint density at radius 3 is 1.80 bits per heavy atom. The van der Waals surface area contributed by atoms with Crippen molar-refractivity contribution in [3.63, 3.8) is 0 Å². The molecule has 0 aromatic heterocycles. The fourth-order valence-electron chi connectivity index (χ4n) is 8.89. The first-order valence-electron chi connectivity index (χ1n) is 22.2. The van der Waals surface area contributed by atoms with Crippen LogP contribution in [0, 0.1) is 6.92 Å². The zero-order chi connectivity index (χ0) is 50.0. The first-order chi connectivity index (χ1) is 34.3. The summed E-state index contributed by atoms with van der Waals surface area (Å²) in [7, 11) is 6.82. The van der Waals surface area contributed by atoms with Crippen LogP contribution in [0.2, 0.25) is 10.0 Å². The van der Waals surface area contributed by atoms with E-state index < -0.39 is 28.7 Å². The fourth-order valence-corrected chi connectivity index (χ4v) is 10.2. The number of halogens is 2. The van der Waals surface area contributed by atoms with Crippen molar-refractivity contribution < 1.29 is 37.3 Å². The van der Waals surface area contributed by atoms with Gasteiger partial charge in [-0.15, -0.1) is 0 Å². The number of carbonyl (C=O) groups excluding carboxylic acids is 2. The number of fused-ring (bicyclic) bond motifs is 2.